The monoisotopic (exact) mass is 554 g/mol. The fourth-order valence-electron chi connectivity index (χ4n) is 3.70. The highest BCUT2D eigenvalue weighted by molar-refractivity contribution is 7.89. The van der Waals surface area contributed by atoms with Crippen molar-refractivity contribution in [3.63, 3.8) is 0 Å². The molecule has 198 valence electrons. The van der Waals surface area contributed by atoms with Gasteiger partial charge in [-0.2, -0.15) is 4.31 Å². The summed E-state index contributed by atoms with van der Waals surface area (Å²) >= 11 is 1.42. The lowest BCUT2D eigenvalue weighted by molar-refractivity contribution is 0.0985. The van der Waals surface area contributed by atoms with Crippen molar-refractivity contribution in [3.05, 3.63) is 48.0 Å². The number of thiazole rings is 1. The van der Waals surface area contributed by atoms with E-state index in [0.717, 1.165) is 17.5 Å². The molecule has 3 rings (SSSR count). The Bertz CT molecular complexity index is 1240. The van der Waals surface area contributed by atoms with Crippen LogP contribution in [0.4, 0.5) is 5.13 Å². The molecule has 0 aliphatic rings. The Balaban J connectivity index is 0.00000456. The molecule has 0 aliphatic carbocycles. The van der Waals surface area contributed by atoms with Gasteiger partial charge >= 0.3 is 0 Å². The SMILES string of the molecule is CCCN(CCC)S(=O)(=O)c1ccc(C(=O)N(CCN(C)C)c2nc3c(OC)cccc3s2)cc1.Cl. The van der Waals surface area contributed by atoms with Gasteiger partial charge in [0.2, 0.25) is 10.0 Å². The number of carbonyl (C=O) groups excluding carboxylic acids is 1. The molecule has 0 bridgehead atoms. The van der Waals surface area contributed by atoms with E-state index in [2.05, 4.69) is 0 Å². The first-order valence-corrected chi connectivity index (χ1v) is 14.0. The fourth-order valence-corrected chi connectivity index (χ4v) is 6.33. The molecule has 0 unspecified atom stereocenters. The zero-order valence-corrected chi connectivity index (χ0v) is 23.9. The van der Waals surface area contributed by atoms with Crippen molar-refractivity contribution in [3.8, 4) is 5.75 Å². The summed E-state index contributed by atoms with van der Waals surface area (Å²) in [6, 6.07) is 11.9. The van der Waals surface area contributed by atoms with Gasteiger partial charge in [-0.1, -0.05) is 31.3 Å². The van der Waals surface area contributed by atoms with Crippen LogP contribution in [0, 0.1) is 0 Å². The Morgan fingerprint density at radius 2 is 1.61 bits per heavy atom. The molecule has 0 N–H and O–H groups in total. The summed E-state index contributed by atoms with van der Waals surface area (Å²) in [5, 5.41) is 0.574. The van der Waals surface area contributed by atoms with Gasteiger partial charge in [0, 0.05) is 31.7 Å². The van der Waals surface area contributed by atoms with Gasteiger partial charge in [0.25, 0.3) is 5.91 Å². The van der Waals surface area contributed by atoms with Crippen LogP contribution in [-0.4, -0.2) is 75.9 Å². The Labute approximate surface area is 224 Å². The van der Waals surface area contributed by atoms with Crippen LogP contribution in [0.25, 0.3) is 10.2 Å². The second-order valence-electron chi connectivity index (χ2n) is 8.49. The van der Waals surface area contributed by atoms with Gasteiger partial charge in [-0.15, -0.1) is 12.4 Å². The maximum absolute atomic E-state index is 13.6. The summed E-state index contributed by atoms with van der Waals surface area (Å²) in [7, 11) is 1.88. The molecule has 1 aromatic heterocycles. The van der Waals surface area contributed by atoms with Gasteiger partial charge in [-0.25, -0.2) is 13.4 Å². The third kappa shape index (κ3) is 6.74. The van der Waals surface area contributed by atoms with Gasteiger partial charge in [0.1, 0.15) is 11.3 Å². The number of hydrogen-bond acceptors (Lipinski definition) is 7. The molecule has 8 nitrogen and oxygen atoms in total. The number of methoxy groups -OCH3 is 1. The van der Waals surface area contributed by atoms with Crippen LogP contribution in [0.1, 0.15) is 37.0 Å². The summed E-state index contributed by atoms with van der Waals surface area (Å²) in [5.74, 6) is 0.427. The predicted octanol–water partition coefficient (Wildman–Crippen LogP) is 4.75. The molecule has 0 saturated carbocycles. The summed E-state index contributed by atoms with van der Waals surface area (Å²) in [6.45, 7) is 5.94. The number of halogens is 1. The smallest absolute Gasteiger partial charge is 0.260 e. The zero-order chi connectivity index (χ0) is 25.6. The summed E-state index contributed by atoms with van der Waals surface area (Å²) in [5.41, 5.74) is 1.12. The maximum atomic E-state index is 13.6. The van der Waals surface area contributed by atoms with Crippen molar-refractivity contribution in [2.24, 2.45) is 0 Å². The van der Waals surface area contributed by atoms with E-state index in [0.29, 0.717) is 48.1 Å². The number of ether oxygens (including phenoxy) is 1. The quantitative estimate of drug-likeness (QED) is 0.321. The van der Waals surface area contributed by atoms with Crippen LogP contribution in [0.15, 0.2) is 47.4 Å². The number of para-hydroxylation sites is 1. The number of likely N-dealkylation sites (N-methyl/N-ethyl adjacent to an activating group) is 1. The van der Waals surface area contributed by atoms with Crippen molar-refractivity contribution in [1.82, 2.24) is 14.2 Å². The van der Waals surface area contributed by atoms with E-state index in [4.69, 9.17) is 9.72 Å². The molecular formula is C25H35ClN4O4S2. The highest BCUT2D eigenvalue weighted by Gasteiger charge is 2.25. The van der Waals surface area contributed by atoms with Crippen molar-refractivity contribution < 1.29 is 17.9 Å². The minimum Gasteiger partial charge on any atom is -0.494 e. The minimum absolute atomic E-state index is 0. The van der Waals surface area contributed by atoms with Gasteiger partial charge in [0.05, 0.1) is 16.7 Å². The number of amides is 1. The van der Waals surface area contributed by atoms with Crippen LogP contribution in [0.2, 0.25) is 0 Å². The van der Waals surface area contributed by atoms with E-state index in [9.17, 15) is 13.2 Å². The predicted molar refractivity (Wildman–Crippen MR) is 149 cm³/mol. The second kappa shape index (κ2) is 13.3. The van der Waals surface area contributed by atoms with E-state index in [1.165, 1.54) is 27.8 Å². The van der Waals surface area contributed by atoms with Crippen molar-refractivity contribution in [2.45, 2.75) is 31.6 Å². The normalized spacial score (nSPS) is 11.6. The van der Waals surface area contributed by atoms with Gasteiger partial charge in [-0.05, 0) is 63.3 Å². The Morgan fingerprint density at radius 3 is 2.17 bits per heavy atom. The van der Waals surface area contributed by atoms with Crippen molar-refractivity contribution >= 4 is 55.0 Å². The molecule has 11 heteroatoms. The first-order valence-electron chi connectivity index (χ1n) is 11.7. The molecular weight excluding hydrogens is 520 g/mol. The topological polar surface area (TPSA) is 83.1 Å². The summed E-state index contributed by atoms with van der Waals surface area (Å²) in [6.07, 6.45) is 1.48. The second-order valence-corrected chi connectivity index (χ2v) is 11.4. The Morgan fingerprint density at radius 1 is 0.972 bits per heavy atom. The Hall–Kier alpha value is -2.24. The average molecular weight is 555 g/mol. The highest BCUT2D eigenvalue weighted by Crippen LogP contribution is 2.34. The van der Waals surface area contributed by atoms with E-state index < -0.39 is 10.0 Å². The molecule has 3 aromatic rings. The zero-order valence-electron chi connectivity index (χ0n) is 21.4. The largest absolute Gasteiger partial charge is 0.494 e. The molecule has 0 saturated heterocycles. The van der Waals surface area contributed by atoms with Crippen LogP contribution in [0.3, 0.4) is 0 Å². The molecule has 0 fully saturated rings. The van der Waals surface area contributed by atoms with Crippen LogP contribution in [-0.2, 0) is 10.0 Å². The van der Waals surface area contributed by atoms with E-state index in [1.807, 2.05) is 51.0 Å². The summed E-state index contributed by atoms with van der Waals surface area (Å²) < 4.78 is 34.0. The van der Waals surface area contributed by atoms with E-state index in [1.54, 1.807) is 24.1 Å². The average Bonchev–Trinajstić information content (AvgIpc) is 3.28. The fraction of sp³-hybridized carbons (Fsp3) is 0.440. The summed E-state index contributed by atoms with van der Waals surface area (Å²) in [4.78, 5) is 22.1. The molecule has 2 aromatic carbocycles. The molecule has 0 spiro atoms. The highest BCUT2D eigenvalue weighted by atomic mass is 35.5. The minimum atomic E-state index is -3.61. The van der Waals surface area contributed by atoms with Gasteiger partial charge < -0.3 is 9.64 Å². The molecule has 0 atom stereocenters. The number of hydrogen-bond donors (Lipinski definition) is 0. The van der Waals surface area contributed by atoms with Crippen molar-refractivity contribution in [1.29, 1.82) is 0 Å². The number of sulfonamides is 1. The van der Waals surface area contributed by atoms with Crippen LogP contribution >= 0.6 is 23.7 Å². The lowest BCUT2D eigenvalue weighted by Gasteiger charge is -2.23. The number of aromatic nitrogens is 1. The van der Waals surface area contributed by atoms with E-state index >= 15 is 0 Å². The molecule has 0 radical (unpaired) electrons. The molecule has 1 amide bonds. The lowest BCUT2D eigenvalue weighted by atomic mass is 10.2. The number of rotatable bonds is 12. The van der Waals surface area contributed by atoms with E-state index in [-0.39, 0.29) is 23.2 Å². The number of nitrogens with zero attached hydrogens (tertiary/aromatic N) is 4. The maximum Gasteiger partial charge on any atom is 0.260 e. The number of anilines is 1. The number of benzene rings is 2. The van der Waals surface area contributed by atoms with Crippen molar-refractivity contribution in [2.75, 3.05) is 52.3 Å². The lowest BCUT2D eigenvalue weighted by Crippen LogP contribution is -2.36. The molecule has 0 aliphatic heterocycles. The third-order valence-electron chi connectivity index (χ3n) is 5.52. The number of fused-ring (bicyclic) bond motifs is 1. The van der Waals surface area contributed by atoms with Gasteiger partial charge in [-0.3, -0.25) is 9.69 Å². The Kier molecular flexibility index (Phi) is 11.1. The first-order chi connectivity index (χ1) is 16.7. The number of carbonyl (C=O) groups is 1. The standard InChI is InChI=1S/C25H34N4O4S2.ClH/c1-6-15-28(16-7-2)35(31,32)20-13-11-19(12-14-20)24(30)29(18-17-27(3)4)25-26-23-21(33-5)9-8-10-22(23)34-25;/h8-14H,6-7,15-18H2,1-5H3;1H. The van der Waals surface area contributed by atoms with Crippen LogP contribution < -0.4 is 9.64 Å². The molecule has 36 heavy (non-hydrogen) atoms. The van der Waals surface area contributed by atoms with Crippen LogP contribution in [0.5, 0.6) is 5.75 Å². The first kappa shape index (κ1) is 30.0. The van der Waals surface area contributed by atoms with Gasteiger partial charge in [0.15, 0.2) is 5.13 Å². The third-order valence-corrected chi connectivity index (χ3v) is 8.48. The molecule has 1 heterocycles.